The van der Waals surface area contributed by atoms with E-state index in [1.54, 1.807) is 0 Å². The van der Waals surface area contributed by atoms with Gasteiger partial charge in [0.2, 0.25) is 5.71 Å². The lowest BCUT2D eigenvalue weighted by molar-refractivity contribution is 0.543. The number of rotatable bonds is 4. The third kappa shape index (κ3) is 2.88. The van der Waals surface area contributed by atoms with E-state index in [1.165, 1.54) is 16.4 Å². The third-order valence-electron chi connectivity index (χ3n) is 5.12. The third-order valence-corrected chi connectivity index (χ3v) is 5.12. The zero-order valence-electron chi connectivity index (χ0n) is 15.6. The van der Waals surface area contributed by atoms with Gasteiger partial charge in [0.25, 0.3) is 0 Å². The van der Waals surface area contributed by atoms with E-state index in [0.717, 1.165) is 47.2 Å². The lowest BCUT2D eigenvalue weighted by Gasteiger charge is -2.19. The Hall–Kier alpha value is -2.68. The standard InChI is InChI=1S/C23H24N2O/c1-4-6-7-16-9-11-18-19-12-10-17(5-2)25-23(19)26-22(18)21(16)20-13-8-15(3)14-24-20/h4,6,8,10-14,16H,5,7,9H2,1-3H3. The van der Waals surface area contributed by atoms with E-state index in [0.29, 0.717) is 5.92 Å². The summed E-state index contributed by atoms with van der Waals surface area (Å²) in [5.41, 5.74) is 6.12. The second kappa shape index (κ2) is 6.91. The Labute approximate surface area is 153 Å². The monoisotopic (exact) mass is 344 g/mol. The van der Waals surface area contributed by atoms with Gasteiger partial charge in [-0.3, -0.25) is 4.98 Å². The normalized spacial score (nSPS) is 16.9. The first-order valence-corrected chi connectivity index (χ1v) is 9.38. The molecule has 0 saturated carbocycles. The van der Waals surface area contributed by atoms with Gasteiger partial charge < -0.3 is 4.42 Å². The molecule has 1 aliphatic carbocycles. The maximum Gasteiger partial charge on any atom is 0.227 e. The Morgan fingerprint density at radius 2 is 2.12 bits per heavy atom. The van der Waals surface area contributed by atoms with Crippen LogP contribution in [0.3, 0.4) is 0 Å². The minimum Gasteiger partial charge on any atom is -0.437 e. The molecule has 0 bridgehead atoms. The van der Waals surface area contributed by atoms with Crippen LogP contribution in [0.25, 0.3) is 22.7 Å². The number of fused-ring (bicyclic) bond motifs is 3. The van der Waals surface area contributed by atoms with E-state index < -0.39 is 0 Å². The van der Waals surface area contributed by atoms with Crippen molar-refractivity contribution in [3.05, 3.63) is 70.2 Å². The highest BCUT2D eigenvalue weighted by Gasteiger charge is 2.23. The van der Waals surface area contributed by atoms with E-state index in [9.17, 15) is 0 Å². The van der Waals surface area contributed by atoms with Crippen LogP contribution in [0.1, 0.15) is 43.6 Å². The predicted molar refractivity (Wildman–Crippen MR) is 106 cm³/mol. The number of nitrogens with zero attached hydrogens (tertiary/aromatic N) is 2. The Morgan fingerprint density at radius 1 is 1.23 bits per heavy atom. The molecule has 0 aromatic carbocycles. The van der Waals surface area contributed by atoms with Gasteiger partial charge in [0.05, 0.1) is 5.69 Å². The van der Waals surface area contributed by atoms with Gasteiger partial charge in [0.1, 0.15) is 5.42 Å². The topological polar surface area (TPSA) is 38.9 Å². The van der Waals surface area contributed by atoms with Crippen LogP contribution < -0.4 is 10.6 Å². The molecule has 0 fully saturated rings. The van der Waals surface area contributed by atoms with Gasteiger partial charge in [0.15, 0.2) is 0 Å². The first-order valence-electron chi connectivity index (χ1n) is 9.38. The Kier molecular flexibility index (Phi) is 4.46. The fourth-order valence-corrected chi connectivity index (χ4v) is 3.67. The van der Waals surface area contributed by atoms with Crippen LogP contribution in [-0.2, 0) is 6.42 Å². The van der Waals surface area contributed by atoms with Crippen molar-refractivity contribution in [1.82, 2.24) is 9.97 Å². The highest BCUT2D eigenvalue weighted by Crippen LogP contribution is 2.28. The molecule has 0 amide bonds. The first-order chi connectivity index (χ1) is 12.7. The molecule has 0 spiro atoms. The van der Waals surface area contributed by atoms with Crippen molar-refractivity contribution in [2.75, 3.05) is 0 Å². The van der Waals surface area contributed by atoms with Crippen LogP contribution >= 0.6 is 0 Å². The average molecular weight is 344 g/mol. The second-order valence-electron chi connectivity index (χ2n) is 6.93. The molecule has 3 nitrogen and oxygen atoms in total. The molecular weight excluding hydrogens is 320 g/mol. The van der Waals surface area contributed by atoms with E-state index >= 15 is 0 Å². The summed E-state index contributed by atoms with van der Waals surface area (Å²) < 4.78 is 6.30. The van der Waals surface area contributed by atoms with Crippen molar-refractivity contribution < 1.29 is 4.42 Å². The highest BCUT2D eigenvalue weighted by molar-refractivity contribution is 5.79. The van der Waals surface area contributed by atoms with Gasteiger partial charge in [-0.05, 0) is 62.8 Å². The fourth-order valence-electron chi connectivity index (χ4n) is 3.67. The molecule has 1 unspecified atom stereocenters. The molecule has 0 N–H and O–H groups in total. The molecular formula is C23H24N2O. The van der Waals surface area contributed by atoms with Crippen LogP contribution in [0.4, 0.5) is 0 Å². The summed E-state index contributed by atoms with van der Waals surface area (Å²) in [6.45, 7) is 6.25. The number of aromatic nitrogens is 2. The molecule has 0 radical (unpaired) electrons. The van der Waals surface area contributed by atoms with Crippen LogP contribution in [0.2, 0.25) is 0 Å². The Balaban J connectivity index is 2.01. The summed E-state index contributed by atoms with van der Waals surface area (Å²) >= 11 is 0. The van der Waals surface area contributed by atoms with Crippen LogP contribution in [0.15, 0.2) is 47.0 Å². The summed E-state index contributed by atoms with van der Waals surface area (Å²) in [7, 11) is 0. The molecule has 4 rings (SSSR count). The van der Waals surface area contributed by atoms with Crippen molar-refractivity contribution >= 4 is 22.7 Å². The second-order valence-corrected chi connectivity index (χ2v) is 6.93. The number of aryl methyl sites for hydroxylation is 2. The van der Waals surface area contributed by atoms with Crippen LogP contribution in [0.5, 0.6) is 0 Å². The number of furan rings is 1. The van der Waals surface area contributed by atoms with E-state index in [4.69, 9.17) is 14.4 Å². The SMILES string of the molecule is CC=CCC1CC=c2c(oc3nc(CC)ccc23)=C1c1ccc(C)cn1. The molecule has 0 aliphatic heterocycles. The maximum absolute atomic E-state index is 6.30. The Bertz CT molecular complexity index is 1090. The van der Waals surface area contributed by atoms with E-state index in [1.807, 2.05) is 6.20 Å². The lowest BCUT2D eigenvalue weighted by Crippen LogP contribution is -2.31. The smallest absolute Gasteiger partial charge is 0.227 e. The van der Waals surface area contributed by atoms with Crippen LogP contribution in [0, 0.1) is 12.8 Å². The van der Waals surface area contributed by atoms with E-state index in [-0.39, 0.29) is 0 Å². The maximum atomic E-state index is 6.30. The van der Waals surface area contributed by atoms with Gasteiger partial charge in [-0.2, -0.15) is 0 Å². The average Bonchev–Trinajstić information content (AvgIpc) is 3.04. The minimum absolute atomic E-state index is 0.375. The van der Waals surface area contributed by atoms with Gasteiger partial charge >= 0.3 is 0 Å². The summed E-state index contributed by atoms with van der Waals surface area (Å²) in [6, 6.07) is 8.48. The quantitative estimate of drug-likeness (QED) is 0.670. The van der Waals surface area contributed by atoms with Gasteiger partial charge in [-0.1, -0.05) is 31.2 Å². The Morgan fingerprint density at radius 3 is 2.85 bits per heavy atom. The summed E-state index contributed by atoms with van der Waals surface area (Å²) in [6.07, 6.45) is 11.5. The molecule has 26 heavy (non-hydrogen) atoms. The largest absolute Gasteiger partial charge is 0.437 e. The zero-order chi connectivity index (χ0) is 18.1. The van der Waals surface area contributed by atoms with Crippen LogP contribution in [-0.4, -0.2) is 9.97 Å². The fraction of sp³-hybridized carbons (Fsp3) is 0.304. The number of hydrogen-bond acceptors (Lipinski definition) is 3. The number of hydrogen-bond donors (Lipinski definition) is 0. The molecule has 3 heteroatoms. The molecule has 3 aromatic heterocycles. The van der Waals surface area contributed by atoms with Gasteiger partial charge in [-0.25, -0.2) is 4.98 Å². The van der Waals surface area contributed by atoms with Gasteiger partial charge in [-0.15, -0.1) is 0 Å². The molecule has 0 saturated heterocycles. The predicted octanol–water partition coefficient (Wildman–Crippen LogP) is 4.06. The highest BCUT2D eigenvalue weighted by atomic mass is 16.3. The molecule has 132 valence electrons. The summed E-state index contributed by atoms with van der Waals surface area (Å²) in [5, 5.41) is 2.27. The van der Waals surface area contributed by atoms with Gasteiger partial charge in [0, 0.05) is 28.1 Å². The molecule has 3 heterocycles. The van der Waals surface area contributed by atoms with Crippen molar-refractivity contribution in [3.63, 3.8) is 0 Å². The molecule has 3 aromatic rings. The van der Waals surface area contributed by atoms with Crippen molar-refractivity contribution in [2.24, 2.45) is 5.92 Å². The van der Waals surface area contributed by atoms with Crippen molar-refractivity contribution in [2.45, 2.75) is 40.0 Å². The number of allylic oxidation sites excluding steroid dienone is 2. The minimum atomic E-state index is 0.375. The molecule has 1 aliphatic rings. The zero-order valence-corrected chi connectivity index (χ0v) is 15.6. The van der Waals surface area contributed by atoms with E-state index in [2.05, 4.69) is 63.3 Å². The summed E-state index contributed by atoms with van der Waals surface area (Å²) in [4.78, 5) is 9.40. The number of pyridine rings is 2. The first kappa shape index (κ1) is 16.8. The molecule has 1 atom stereocenters. The van der Waals surface area contributed by atoms with Crippen molar-refractivity contribution in [1.29, 1.82) is 0 Å². The summed E-state index contributed by atoms with van der Waals surface area (Å²) in [5.74, 6) is 0.375. The lowest BCUT2D eigenvalue weighted by atomic mass is 9.86. The van der Waals surface area contributed by atoms with Crippen molar-refractivity contribution in [3.8, 4) is 0 Å².